The Hall–Kier alpha value is -2.14. The van der Waals surface area contributed by atoms with E-state index in [1.807, 2.05) is 5.32 Å². The van der Waals surface area contributed by atoms with Gasteiger partial charge >= 0.3 is 6.03 Å². The standard InChI is InChI=1S/C10H11FN4O5S/c1-21(18,19)20-5-6-4-7(11)9(14-13-6)15-3-2-8(16)12-10(15)17/h4H,2-3,5H2,1H3,(H,12,16,17). The first-order chi connectivity index (χ1) is 9.76. The highest BCUT2D eigenvalue weighted by molar-refractivity contribution is 7.85. The summed E-state index contributed by atoms with van der Waals surface area (Å²) in [7, 11) is -3.68. The molecule has 1 aliphatic rings. The fourth-order valence-corrected chi connectivity index (χ4v) is 1.92. The fraction of sp³-hybridized carbons (Fsp3) is 0.400. The van der Waals surface area contributed by atoms with Gasteiger partial charge in [-0.25, -0.2) is 9.18 Å². The summed E-state index contributed by atoms with van der Waals surface area (Å²) in [6.45, 7) is -0.483. The van der Waals surface area contributed by atoms with Gasteiger partial charge in [0.15, 0.2) is 11.6 Å². The van der Waals surface area contributed by atoms with Crippen LogP contribution < -0.4 is 10.2 Å². The van der Waals surface area contributed by atoms with Gasteiger partial charge < -0.3 is 0 Å². The molecule has 0 saturated carbocycles. The average molecular weight is 318 g/mol. The molecule has 9 nitrogen and oxygen atoms in total. The number of urea groups is 1. The van der Waals surface area contributed by atoms with Gasteiger partial charge in [-0.3, -0.25) is 19.2 Å². The number of hydrogen-bond acceptors (Lipinski definition) is 7. The molecule has 0 unspecified atom stereocenters. The first kappa shape index (κ1) is 15.3. The topological polar surface area (TPSA) is 119 Å². The number of carbonyl (C=O) groups is 2. The maximum atomic E-state index is 13.9. The number of rotatable bonds is 4. The Morgan fingerprint density at radius 2 is 2.14 bits per heavy atom. The van der Waals surface area contributed by atoms with Crippen LogP contribution in [0.4, 0.5) is 15.0 Å². The van der Waals surface area contributed by atoms with Crippen LogP contribution in [-0.2, 0) is 25.7 Å². The van der Waals surface area contributed by atoms with Gasteiger partial charge in [0.25, 0.3) is 10.1 Å². The summed E-state index contributed by atoms with van der Waals surface area (Å²) in [6.07, 6.45) is 0.867. The zero-order valence-corrected chi connectivity index (χ0v) is 11.7. The molecule has 2 heterocycles. The summed E-state index contributed by atoms with van der Waals surface area (Å²) in [6, 6.07) is 0.122. The zero-order chi connectivity index (χ0) is 15.6. The van der Waals surface area contributed by atoms with Crippen molar-refractivity contribution in [1.82, 2.24) is 15.5 Å². The van der Waals surface area contributed by atoms with Crippen LogP contribution in [0.5, 0.6) is 0 Å². The highest BCUT2D eigenvalue weighted by Gasteiger charge is 2.28. The number of carbonyl (C=O) groups excluding carboxylic acids is 2. The van der Waals surface area contributed by atoms with E-state index in [1.54, 1.807) is 0 Å². The maximum absolute atomic E-state index is 13.9. The van der Waals surface area contributed by atoms with Crippen molar-refractivity contribution >= 4 is 27.9 Å². The number of anilines is 1. The lowest BCUT2D eigenvalue weighted by molar-refractivity contribution is -0.120. The van der Waals surface area contributed by atoms with Crippen LogP contribution in [0.15, 0.2) is 6.07 Å². The number of halogens is 1. The van der Waals surface area contributed by atoms with E-state index in [1.165, 1.54) is 0 Å². The van der Waals surface area contributed by atoms with Gasteiger partial charge in [0.05, 0.1) is 11.9 Å². The molecule has 1 N–H and O–H groups in total. The molecule has 0 aliphatic carbocycles. The van der Waals surface area contributed by atoms with Crippen molar-refractivity contribution < 1.29 is 26.6 Å². The lowest BCUT2D eigenvalue weighted by Gasteiger charge is -2.25. The van der Waals surface area contributed by atoms with Crippen LogP contribution in [-0.4, -0.2) is 43.4 Å². The molecule has 1 fully saturated rings. The highest BCUT2D eigenvalue weighted by atomic mass is 32.2. The summed E-state index contributed by atoms with van der Waals surface area (Å²) in [5.74, 6) is -1.67. The number of aromatic nitrogens is 2. The third-order valence-electron chi connectivity index (χ3n) is 2.51. The zero-order valence-electron chi connectivity index (χ0n) is 10.9. The van der Waals surface area contributed by atoms with Gasteiger partial charge in [-0.05, 0) is 0 Å². The molecule has 21 heavy (non-hydrogen) atoms. The molecule has 0 radical (unpaired) electrons. The summed E-state index contributed by atoms with van der Waals surface area (Å²) in [5, 5.41) is 9.14. The number of nitrogens with one attached hydrogen (secondary N) is 1. The molecule has 1 saturated heterocycles. The molecule has 1 aliphatic heterocycles. The van der Waals surface area contributed by atoms with E-state index in [4.69, 9.17) is 0 Å². The van der Waals surface area contributed by atoms with Crippen molar-refractivity contribution in [2.45, 2.75) is 13.0 Å². The summed E-state index contributed by atoms with van der Waals surface area (Å²) < 4.78 is 40.0. The van der Waals surface area contributed by atoms with Crippen molar-refractivity contribution in [3.63, 3.8) is 0 Å². The van der Waals surface area contributed by atoms with Crippen LogP contribution in [0.1, 0.15) is 12.1 Å². The predicted molar refractivity (Wildman–Crippen MR) is 67.1 cm³/mol. The molecule has 3 amide bonds. The number of nitrogens with zero attached hydrogens (tertiary/aromatic N) is 3. The Labute approximate surface area is 119 Å². The first-order valence-electron chi connectivity index (χ1n) is 5.74. The second kappa shape index (κ2) is 5.69. The van der Waals surface area contributed by atoms with Gasteiger partial charge in [0.1, 0.15) is 6.61 Å². The summed E-state index contributed by atoms with van der Waals surface area (Å²) >= 11 is 0. The maximum Gasteiger partial charge on any atom is 0.329 e. The van der Waals surface area contributed by atoms with Crippen LogP contribution in [0.3, 0.4) is 0 Å². The van der Waals surface area contributed by atoms with Crippen molar-refractivity contribution in [2.24, 2.45) is 0 Å². The Balaban J connectivity index is 2.16. The van der Waals surface area contributed by atoms with E-state index in [2.05, 4.69) is 14.4 Å². The second-order valence-corrected chi connectivity index (χ2v) is 5.87. The monoisotopic (exact) mass is 318 g/mol. The average Bonchev–Trinajstić information content (AvgIpc) is 2.37. The van der Waals surface area contributed by atoms with E-state index in [0.717, 1.165) is 17.2 Å². The number of hydrogen-bond donors (Lipinski definition) is 1. The van der Waals surface area contributed by atoms with Crippen LogP contribution in [0.25, 0.3) is 0 Å². The van der Waals surface area contributed by atoms with Crippen LogP contribution >= 0.6 is 0 Å². The van der Waals surface area contributed by atoms with E-state index >= 15 is 0 Å². The van der Waals surface area contributed by atoms with Gasteiger partial charge in [0.2, 0.25) is 5.91 Å². The molecule has 0 atom stereocenters. The lowest BCUT2D eigenvalue weighted by atomic mass is 10.3. The summed E-state index contributed by atoms with van der Waals surface area (Å²) in [5.41, 5.74) is -0.0461. The first-order valence-corrected chi connectivity index (χ1v) is 7.56. The molecule has 0 spiro atoms. The van der Waals surface area contributed by atoms with Crippen LogP contribution in [0.2, 0.25) is 0 Å². The van der Waals surface area contributed by atoms with E-state index in [0.29, 0.717) is 0 Å². The second-order valence-electron chi connectivity index (χ2n) is 4.23. The molecule has 1 aromatic heterocycles. The Morgan fingerprint density at radius 1 is 1.43 bits per heavy atom. The minimum atomic E-state index is -3.68. The molecule has 0 aromatic carbocycles. The third-order valence-corrected chi connectivity index (χ3v) is 3.06. The molecule has 0 bridgehead atoms. The largest absolute Gasteiger partial charge is 0.329 e. The molecular weight excluding hydrogens is 307 g/mol. The molecule has 114 valence electrons. The number of amides is 3. The van der Waals surface area contributed by atoms with Gasteiger partial charge in [0, 0.05) is 19.0 Å². The quantitative estimate of drug-likeness (QED) is 0.746. The smallest absolute Gasteiger partial charge is 0.278 e. The molecule has 11 heteroatoms. The molecular formula is C10H11FN4O5S. The normalized spacial score (nSPS) is 16.0. The van der Waals surface area contributed by atoms with Crippen LogP contribution in [0, 0.1) is 5.82 Å². The Kier molecular flexibility index (Phi) is 4.14. The minimum absolute atomic E-state index is 0.0184. The molecule has 1 aromatic rings. The highest BCUT2D eigenvalue weighted by Crippen LogP contribution is 2.18. The van der Waals surface area contributed by atoms with E-state index < -0.39 is 34.5 Å². The summed E-state index contributed by atoms with van der Waals surface area (Å²) in [4.78, 5) is 23.5. The Morgan fingerprint density at radius 3 is 2.71 bits per heavy atom. The third kappa shape index (κ3) is 3.92. The lowest BCUT2D eigenvalue weighted by Crippen LogP contribution is -2.50. The van der Waals surface area contributed by atoms with Crippen molar-refractivity contribution in [2.75, 3.05) is 17.7 Å². The van der Waals surface area contributed by atoms with Crippen molar-refractivity contribution in [1.29, 1.82) is 0 Å². The Bertz CT molecular complexity index is 693. The SMILES string of the molecule is CS(=O)(=O)OCc1cc(F)c(N2CCC(=O)NC2=O)nn1. The van der Waals surface area contributed by atoms with Gasteiger partial charge in [-0.2, -0.15) is 13.5 Å². The van der Waals surface area contributed by atoms with E-state index in [9.17, 15) is 22.4 Å². The molecule has 2 rings (SSSR count). The van der Waals surface area contributed by atoms with Gasteiger partial charge in [-0.1, -0.05) is 0 Å². The fourth-order valence-electron chi connectivity index (χ4n) is 1.59. The predicted octanol–water partition coefficient (Wildman–Crippen LogP) is -0.462. The number of imide groups is 1. The van der Waals surface area contributed by atoms with Crippen molar-refractivity contribution in [3.05, 3.63) is 17.6 Å². The van der Waals surface area contributed by atoms with Gasteiger partial charge in [-0.15, -0.1) is 5.10 Å². The van der Waals surface area contributed by atoms with E-state index in [-0.39, 0.29) is 24.5 Å². The van der Waals surface area contributed by atoms with Crippen molar-refractivity contribution in [3.8, 4) is 0 Å². The minimum Gasteiger partial charge on any atom is -0.278 e.